The first-order chi connectivity index (χ1) is 14.7. The number of nitrogens with one attached hydrogen (secondary N) is 1. The average molecular weight is 397 g/mol. The minimum Gasteiger partial charge on any atom is -0.371 e. The van der Waals surface area contributed by atoms with Gasteiger partial charge in [0, 0.05) is 36.2 Å². The largest absolute Gasteiger partial charge is 0.371 e. The van der Waals surface area contributed by atoms with Crippen molar-refractivity contribution in [3.63, 3.8) is 0 Å². The molecule has 30 heavy (non-hydrogen) atoms. The van der Waals surface area contributed by atoms with Crippen molar-refractivity contribution in [2.45, 2.75) is 19.8 Å². The fourth-order valence-electron chi connectivity index (χ4n) is 4.12. The second-order valence-corrected chi connectivity index (χ2v) is 7.64. The van der Waals surface area contributed by atoms with Crippen molar-refractivity contribution in [1.29, 1.82) is 0 Å². The summed E-state index contributed by atoms with van der Waals surface area (Å²) in [5.74, 6) is -0.212. The van der Waals surface area contributed by atoms with Gasteiger partial charge < -0.3 is 10.2 Å². The van der Waals surface area contributed by atoms with Gasteiger partial charge >= 0.3 is 0 Å². The Morgan fingerprint density at radius 3 is 2.60 bits per heavy atom. The van der Waals surface area contributed by atoms with Gasteiger partial charge in [0.1, 0.15) is 5.56 Å². The van der Waals surface area contributed by atoms with E-state index in [1.807, 2.05) is 48.5 Å². The van der Waals surface area contributed by atoms with E-state index in [9.17, 15) is 4.79 Å². The van der Waals surface area contributed by atoms with Crippen LogP contribution in [0.3, 0.4) is 0 Å². The highest BCUT2D eigenvalue weighted by Gasteiger charge is 2.18. The molecular weight excluding hydrogens is 374 g/mol. The van der Waals surface area contributed by atoms with Gasteiger partial charge in [-0.25, -0.2) is 9.50 Å². The van der Waals surface area contributed by atoms with Crippen LogP contribution in [0, 0.1) is 6.92 Å². The first-order valence-corrected chi connectivity index (χ1v) is 10.3. The number of benzene rings is 2. The third-order valence-electron chi connectivity index (χ3n) is 5.62. The molecule has 1 aliphatic heterocycles. The van der Waals surface area contributed by atoms with Gasteiger partial charge in [-0.15, -0.1) is 0 Å². The lowest BCUT2D eigenvalue weighted by molar-refractivity contribution is 0.102. The Labute approximate surface area is 175 Å². The van der Waals surface area contributed by atoms with E-state index in [-0.39, 0.29) is 5.91 Å². The summed E-state index contributed by atoms with van der Waals surface area (Å²) in [6.07, 6.45) is 5.77. The van der Waals surface area contributed by atoms with Crippen LogP contribution in [-0.4, -0.2) is 33.6 Å². The molecule has 0 unspecified atom stereocenters. The summed E-state index contributed by atoms with van der Waals surface area (Å²) in [5, 5.41) is 7.43. The Hall–Kier alpha value is -3.67. The number of amides is 1. The second-order valence-electron chi connectivity index (χ2n) is 7.64. The molecule has 2 aromatic carbocycles. The minimum absolute atomic E-state index is 0.212. The third-order valence-corrected chi connectivity index (χ3v) is 5.62. The number of anilines is 2. The Bertz CT molecular complexity index is 1210. The van der Waals surface area contributed by atoms with Crippen LogP contribution in [0.5, 0.6) is 0 Å². The number of fused-ring (bicyclic) bond motifs is 1. The van der Waals surface area contributed by atoms with Crippen molar-refractivity contribution in [3.8, 4) is 11.3 Å². The SMILES string of the molecule is Cc1cc(NC(=O)c2cnn3c(-c4ccccc4)ccnc23)ccc1N1CCCC1. The van der Waals surface area contributed by atoms with Gasteiger partial charge in [0.2, 0.25) is 0 Å². The number of nitrogens with zero attached hydrogens (tertiary/aromatic N) is 4. The van der Waals surface area contributed by atoms with Crippen LogP contribution in [0.15, 0.2) is 67.0 Å². The lowest BCUT2D eigenvalue weighted by atomic mass is 10.1. The molecule has 1 amide bonds. The van der Waals surface area contributed by atoms with Gasteiger partial charge in [-0.1, -0.05) is 30.3 Å². The highest BCUT2D eigenvalue weighted by atomic mass is 16.1. The van der Waals surface area contributed by atoms with E-state index < -0.39 is 0 Å². The number of aryl methyl sites for hydroxylation is 1. The molecule has 1 aliphatic rings. The van der Waals surface area contributed by atoms with Crippen molar-refractivity contribution < 1.29 is 4.79 Å². The van der Waals surface area contributed by atoms with Crippen LogP contribution < -0.4 is 10.2 Å². The molecule has 4 aromatic rings. The minimum atomic E-state index is -0.212. The monoisotopic (exact) mass is 397 g/mol. The molecule has 6 nitrogen and oxygen atoms in total. The van der Waals surface area contributed by atoms with Crippen LogP contribution in [0.25, 0.3) is 16.9 Å². The van der Waals surface area contributed by atoms with E-state index in [4.69, 9.17) is 0 Å². The Balaban J connectivity index is 1.42. The topological polar surface area (TPSA) is 62.5 Å². The molecule has 0 aliphatic carbocycles. The Morgan fingerprint density at radius 1 is 1.03 bits per heavy atom. The summed E-state index contributed by atoms with van der Waals surface area (Å²) in [5.41, 5.74) is 6.10. The van der Waals surface area contributed by atoms with Crippen LogP contribution in [0.1, 0.15) is 28.8 Å². The molecule has 6 heteroatoms. The summed E-state index contributed by atoms with van der Waals surface area (Å²) in [6, 6.07) is 17.9. The molecule has 150 valence electrons. The molecule has 0 saturated carbocycles. The van der Waals surface area contributed by atoms with E-state index in [2.05, 4.69) is 33.3 Å². The summed E-state index contributed by atoms with van der Waals surface area (Å²) < 4.78 is 1.71. The predicted octanol–water partition coefficient (Wildman–Crippen LogP) is 4.56. The third kappa shape index (κ3) is 3.30. The van der Waals surface area contributed by atoms with Crippen LogP contribution in [0.2, 0.25) is 0 Å². The van der Waals surface area contributed by atoms with Gasteiger partial charge in [0.25, 0.3) is 5.91 Å². The van der Waals surface area contributed by atoms with Crippen molar-refractivity contribution in [3.05, 3.63) is 78.1 Å². The number of hydrogen-bond donors (Lipinski definition) is 1. The zero-order valence-electron chi connectivity index (χ0n) is 16.9. The maximum absolute atomic E-state index is 13.0. The second kappa shape index (κ2) is 7.63. The van der Waals surface area contributed by atoms with Crippen LogP contribution in [0.4, 0.5) is 11.4 Å². The van der Waals surface area contributed by atoms with E-state index >= 15 is 0 Å². The molecule has 1 saturated heterocycles. The molecule has 2 aromatic heterocycles. The van der Waals surface area contributed by atoms with Gasteiger partial charge in [-0.2, -0.15) is 5.10 Å². The number of rotatable bonds is 4. The zero-order valence-corrected chi connectivity index (χ0v) is 16.9. The number of carbonyl (C=O) groups excluding carboxylic acids is 1. The summed E-state index contributed by atoms with van der Waals surface area (Å²) in [6.45, 7) is 4.29. The first-order valence-electron chi connectivity index (χ1n) is 10.3. The fourth-order valence-corrected chi connectivity index (χ4v) is 4.12. The molecule has 5 rings (SSSR count). The maximum Gasteiger partial charge on any atom is 0.261 e. The molecular formula is C24H23N5O. The van der Waals surface area contributed by atoms with E-state index in [0.29, 0.717) is 11.2 Å². The molecule has 3 heterocycles. The molecule has 0 radical (unpaired) electrons. The van der Waals surface area contributed by atoms with Gasteiger partial charge in [0.05, 0.1) is 11.9 Å². The number of aromatic nitrogens is 3. The predicted molar refractivity (Wildman–Crippen MR) is 119 cm³/mol. The summed E-state index contributed by atoms with van der Waals surface area (Å²) >= 11 is 0. The Kier molecular flexibility index (Phi) is 4.67. The highest BCUT2D eigenvalue weighted by molar-refractivity contribution is 6.08. The summed E-state index contributed by atoms with van der Waals surface area (Å²) in [4.78, 5) is 19.8. The van der Waals surface area contributed by atoms with Crippen molar-refractivity contribution >= 4 is 22.9 Å². The Morgan fingerprint density at radius 2 is 1.83 bits per heavy atom. The summed E-state index contributed by atoms with van der Waals surface area (Å²) in [7, 11) is 0. The standard InChI is InChI=1S/C24H23N5O/c1-17-15-19(9-10-21(17)28-13-5-6-14-28)27-24(30)20-16-26-29-22(11-12-25-23(20)29)18-7-3-2-4-8-18/h2-4,7-12,15-16H,5-6,13-14H2,1H3,(H,27,30). The van der Waals surface area contributed by atoms with Crippen molar-refractivity contribution in [2.24, 2.45) is 0 Å². The molecule has 1 N–H and O–H groups in total. The van der Waals surface area contributed by atoms with Gasteiger partial charge in [-0.3, -0.25) is 4.79 Å². The van der Waals surface area contributed by atoms with Gasteiger partial charge in [-0.05, 0) is 49.6 Å². The first kappa shape index (κ1) is 18.4. The van der Waals surface area contributed by atoms with Crippen molar-refractivity contribution in [1.82, 2.24) is 14.6 Å². The van der Waals surface area contributed by atoms with E-state index in [1.54, 1.807) is 16.9 Å². The fraction of sp³-hybridized carbons (Fsp3) is 0.208. The molecule has 0 bridgehead atoms. The number of carbonyl (C=O) groups is 1. The smallest absolute Gasteiger partial charge is 0.261 e. The van der Waals surface area contributed by atoms with E-state index in [0.717, 1.165) is 30.0 Å². The molecule has 0 atom stereocenters. The molecule has 0 spiro atoms. The van der Waals surface area contributed by atoms with Gasteiger partial charge in [0.15, 0.2) is 5.65 Å². The molecule has 1 fully saturated rings. The van der Waals surface area contributed by atoms with Crippen LogP contribution in [-0.2, 0) is 0 Å². The number of hydrogen-bond acceptors (Lipinski definition) is 4. The van der Waals surface area contributed by atoms with E-state index in [1.165, 1.54) is 24.1 Å². The maximum atomic E-state index is 13.0. The normalized spacial score (nSPS) is 13.7. The van der Waals surface area contributed by atoms with Crippen molar-refractivity contribution in [2.75, 3.05) is 23.3 Å². The lowest BCUT2D eigenvalue weighted by Gasteiger charge is -2.20. The lowest BCUT2D eigenvalue weighted by Crippen LogP contribution is -2.19. The highest BCUT2D eigenvalue weighted by Crippen LogP contribution is 2.27. The zero-order chi connectivity index (χ0) is 20.5. The quantitative estimate of drug-likeness (QED) is 0.548. The average Bonchev–Trinajstić information content (AvgIpc) is 3.44. The van der Waals surface area contributed by atoms with Crippen LogP contribution >= 0.6 is 0 Å².